The van der Waals surface area contributed by atoms with Crippen molar-refractivity contribution in [2.45, 2.75) is 32.9 Å². The van der Waals surface area contributed by atoms with Gasteiger partial charge >= 0.3 is 0 Å². The number of hydrogen-bond donors (Lipinski definition) is 2. The smallest absolute Gasteiger partial charge is 0.252 e. The number of amides is 1. The Morgan fingerprint density at radius 3 is 2.46 bits per heavy atom. The van der Waals surface area contributed by atoms with Crippen LogP contribution in [-0.2, 0) is 6.42 Å². The number of aromatic nitrogens is 3. The first-order valence-electron chi connectivity index (χ1n) is 9.40. The largest absolute Gasteiger partial charge is 0.368 e. The Hall–Kier alpha value is -3.06. The molecule has 0 fully saturated rings. The zero-order chi connectivity index (χ0) is 20.3. The highest BCUT2D eigenvalue weighted by atomic mass is 16.1. The molecule has 0 saturated heterocycles. The number of benzene rings is 1. The number of anilines is 1. The molecule has 0 saturated carbocycles. The predicted octanol–water partition coefficient (Wildman–Crippen LogP) is 2.86. The molecule has 3 aromatic rings. The van der Waals surface area contributed by atoms with Crippen LogP contribution in [0.3, 0.4) is 0 Å². The summed E-state index contributed by atoms with van der Waals surface area (Å²) in [7, 11) is 3.84. The third-order valence-electron chi connectivity index (χ3n) is 4.68. The van der Waals surface area contributed by atoms with Crippen LogP contribution in [0.25, 0.3) is 22.3 Å². The number of hydrogen-bond acceptors (Lipinski definition) is 6. The van der Waals surface area contributed by atoms with Crippen molar-refractivity contribution in [2.24, 2.45) is 0 Å². The number of fused-ring (bicyclic) bond motifs is 1. The van der Waals surface area contributed by atoms with E-state index in [9.17, 15) is 4.79 Å². The Bertz CT molecular complexity index is 984. The number of nitrogen functional groups attached to an aromatic ring is 1. The molecule has 0 aliphatic rings. The van der Waals surface area contributed by atoms with Crippen LogP contribution in [0.15, 0.2) is 36.4 Å². The average molecular weight is 378 g/mol. The quantitative estimate of drug-likeness (QED) is 0.640. The van der Waals surface area contributed by atoms with E-state index >= 15 is 0 Å². The predicted molar refractivity (Wildman–Crippen MR) is 112 cm³/mol. The van der Waals surface area contributed by atoms with Gasteiger partial charge in [0.1, 0.15) is 5.52 Å². The van der Waals surface area contributed by atoms with E-state index in [2.05, 4.69) is 22.2 Å². The fraction of sp³-hybridized carbons (Fsp3) is 0.333. The highest BCUT2D eigenvalue weighted by Crippen LogP contribution is 2.23. The number of nitrogens with zero attached hydrogens (tertiary/aromatic N) is 4. The standard InChI is InChI=1S/C21H26N6O/c1-5-6-17-19-18(26-21(22)25-17)12-11-16(24-19)14-7-9-15(10-8-14)20(28)23-13(2)27(3)4/h7-13H,5-6H2,1-4H3,(H,23,28)(H2,22,25,26). The van der Waals surface area contributed by atoms with E-state index in [4.69, 9.17) is 10.7 Å². The summed E-state index contributed by atoms with van der Waals surface area (Å²) < 4.78 is 0. The first-order chi connectivity index (χ1) is 13.4. The van der Waals surface area contributed by atoms with Gasteiger partial charge in [-0.3, -0.25) is 9.69 Å². The summed E-state index contributed by atoms with van der Waals surface area (Å²) in [5.74, 6) is 0.168. The Labute approximate surface area is 165 Å². The van der Waals surface area contributed by atoms with Crippen LogP contribution in [0.2, 0.25) is 0 Å². The van der Waals surface area contributed by atoms with Gasteiger partial charge in [-0.15, -0.1) is 0 Å². The van der Waals surface area contributed by atoms with Crippen LogP contribution in [0.4, 0.5) is 5.95 Å². The van der Waals surface area contributed by atoms with E-state index in [-0.39, 0.29) is 18.0 Å². The zero-order valence-electron chi connectivity index (χ0n) is 16.7. The Morgan fingerprint density at radius 1 is 1.11 bits per heavy atom. The molecule has 2 aromatic heterocycles. The number of carbonyl (C=O) groups is 1. The van der Waals surface area contributed by atoms with Crippen molar-refractivity contribution >= 4 is 22.9 Å². The lowest BCUT2D eigenvalue weighted by Gasteiger charge is -2.21. The van der Waals surface area contributed by atoms with Crippen molar-refractivity contribution in [1.29, 1.82) is 0 Å². The van der Waals surface area contributed by atoms with Crippen LogP contribution in [0.1, 0.15) is 36.3 Å². The van der Waals surface area contributed by atoms with Crippen LogP contribution < -0.4 is 11.1 Å². The summed E-state index contributed by atoms with van der Waals surface area (Å²) in [6.07, 6.45) is 1.70. The third kappa shape index (κ3) is 4.26. The maximum absolute atomic E-state index is 12.3. The molecule has 146 valence electrons. The maximum Gasteiger partial charge on any atom is 0.252 e. The second kappa shape index (κ2) is 8.31. The summed E-state index contributed by atoms with van der Waals surface area (Å²) in [6.45, 7) is 4.03. The number of carbonyl (C=O) groups excluding carboxylic acids is 1. The van der Waals surface area contributed by atoms with Gasteiger partial charge in [0.25, 0.3) is 5.91 Å². The monoisotopic (exact) mass is 378 g/mol. The molecule has 1 unspecified atom stereocenters. The van der Waals surface area contributed by atoms with Crippen molar-refractivity contribution in [3.05, 3.63) is 47.7 Å². The fourth-order valence-electron chi connectivity index (χ4n) is 2.86. The van der Waals surface area contributed by atoms with Gasteiger partial charge in [0.2, 0.25) is 5.95 Å². The third-order valence-corrected chi connectivity index (χ3v) is 4.68. The van der Waals surface area contributed by atoms with Gasteiger partial charge in [-0.1, -0.05) is 25.5 Å². The first-order valence-corrected chi connectivity index (χ1v) is 9.40. The van der Waals surface area contributed by atoms with Crippen LogP contribution in [-0.4, -0.2) is 46.0 Å². The highest BCUT2D eigenvalue weighted by molar-refractivity contribution is 5.94. The van der Waals surface area contributed by atoms with E-state index in [1.54, 1.807) is 0 Å². The van der Waals surface area contributed by atoms with Gasteiger partial charge in [0.15, 0.2) is 0 Å². The molecule has 0 aliphatic heterocycles. The lowest BCUT2D eigenvalue weighted by Crippen LogP contribution is -2.42. The molecule has 1 amide bonds. The van der Waals surface area contributed by atoms with Gasteiger partial charge in [0.05, 0.1) is 23.1 Å². The molecule has 0 spiro atoms. The van der Waals surface area contributed by atoms with E-state index in [0.717, 1.165) is 40.8 Å². The number of pyridine rings is 1. The van der Waals surface area contributed by atoms with E-state index < -0.39 is 0 Å². The van der Waals surface area contributed by atoms with Crippen molar-refractivity contribution in [3.8, 4) is 11.3 Å². The molecule has 3 rings (SSSR count). The van der Waals surface area contributed by atoms with E-state index in [0.29, 0.717) is 5.56 Å². The minimum absolute atomic E-state index is 0.0428. The molecule has 3 N–H and O–H groups in total. The summed E-state index contributed by atoms with van der Waals surface area (Å²) in [4.78, 5) is 27.7. The summed E-state index contributed by atoms with van der Waals surface area (Å²) in [5.41, 5.74) is 10.5. The summed E-state index contributed by atoms with van der Waals surface area (Å²) in [5, 5.41) is 2.95. The molecular weight excluding hydrogens is 352 g/mol. The van der Waals surface area contributed by atoms with Gasteiger partial charge in [-0.25, -0.2) is 15.0 Å². The summed E-state index contributed by atoms with van der Waals surface area (Å²) in [6, 6.07) is 11.3. The van der Waals surface area contributed by atoms with Crippen LogP contribution in [0.5, 0.6) is 0 Å². The van der Waals surface area contributed by atoms with Crippen molar-refractivity contribution in [2.75, 3.05) is 19.8 Å². The molecule has 1 atom stereocenters. The lowest BCUT2D eigenvalue weighted by molar-refractivity contribution is 0.0900. The van der Waals surface area contributed by atoms with Gasteiger partial charge in [-0.05, 0) is 51.7 Å². The van der Waals surface area contributed by atoms with Crippen LogP contribution >= 0.6 is 0 Å². The topological polar surface area (TPSA) is 97.0 Å². The number of nitrogens with two attached hydrogens (primary N) is 1. The van der Waals surface area contributed by atoms with E-state index in [1.807, 2.05) is 62.3 Å². The maximum atomic E-state index is 12.3. The average Bonchev–Trinajstić information content (AvgIpc) is 2.68. The van der Waals surface area contributed by atoms with Gasteiger partial charge in [0, 0.05) is 11.1 Å². The number of rotatable bonds is 6. The van der Waals surface area contributed by atoms with Gasteiger partial charge < -0.3 is 11.1 Å². The first kappa shape index (κ1) is 19.7. The van der Waals surface area contributed by atoms with Crippen molar-refractivity contribution < 1.29 is 4.79 Å². The minimum atomic E-state index is -0.103. The minimum Gasteiger partial charge on any atom is -0.368 e. The second-order valence-corrected chi connectivity index (χ2v) is 7.03. The molecule has 1 aromatic carbocycles. The molecule has 0 bridgehead atoms. The highest BCUT2D eigenvalue weighted by Gasteiger charge is 2.12. The van der Waals surface area contributed by atoms with Gasteiger partial charge in [-0.2, -0.15) is 0 Å². The van der Waals surface area contributed by atoms with Crippen LogP contribution in [0, 0.1) is 0 Å². The second-order valence-electron chi connectivity index (χ2n) is 7.03. The number of nitrogens with one attached hydrogen (secondary N) is 1. The van der Waals surface area contributed by atoms with Crippen molar-refractivity contribution in [1.82, 2.24) is 25.2 Å². The molecule has 7 heteroatoms. The van der Waals surface area contributed by atoms with E-state index in [1.165, 1.54) is 0 Å². The normalized spacial score (nSPS) is 12.3. The molecule has 2 heterocycles. The Balaban J connectivity index is 1.89. The van der Waals surface area contributed by atoms with Crippen molar-refractivity contribution in [3.63, 3.8) is 0 Å². The lowest BCUT2D eigenvalue weighted by atomic mass is 10.1. The zero-order valence-corrected chi connectivity index (χ0v) is 16.7. The molecule has 7 nitrogen and oxygen atoms in total. The fourth-order valence-corrected chi connectivity index (χ4v) is 2.86. The molecular formula is C21H26N6O. The summed E-state index contributed by atoms with van der Waals surface area (Å²) >= 11 is 0. The Kier molecular flexibility index (Phi) is 5.84. The molecule has 0 radical (unpaired) electrons. The molecule has 0 aliphatic carbocycles. The molecule has 28 heavy (non-hydrogen) atoms. The number of aryl methyl sites for hydroxylation is 1. The Morgan fingerprint density at radius 2 is 1.82 bits per heavy atom. The SMILES string of the molecule is CCCc1nc(N)nc2ccc(-c3ccc(C(=O)NC(C)N(C)C)cc3)nc12.